The smallest absolute Gasteiger partial charge is 0.343 e. The lowest BCUT2D eigenvalue weighted by molar-refractivity contribution is -0.134. The van der Waals surface area contributed by atoms with E-state index in [1.807, 2.05) is 0 Å². The molecule has 0 aromatic heterocycles. The first-order valence-electron chi connectivity index (χ1n) is 9.79. The monoisotopic (exact) mass is 870 g/mol. The standard InChI is InChI=1S/C24H12Br6O6/c25-11-1-8(2-12(26)21(11)32)3-17-18(9-4-13(27)22(33)14(28)5-9)19(24(35)36-17)20(31)10-6-15(29)23(34)16(30)7-10/h1-7,20,31-34H. The molecule has 0 amide bonds. The van der Waals surface area contributed by atoms with Crippen LogP contribution in [0.25, 0.3) is 11.6 Å². The number of hydrogen-bond acceptors (Lipinski definition) is 6. The number of aromatic hydroxyl groups is 3. The summed E-state index contributed by atoms with van der Waals surface area (Å²) in [5.74, 6) is -0.678. The van der Waals surface area contributed by atoms with Gasteiger partial charge in [0.15, 0.2) is 0 Å². The van der Waals surface area contributed by atoms with Gasteiger partial charge in [-0.25, -0.2) is 4.79 Å². The molecule has 0 radical (unpaired) electrons. The second kappa shape index (κ2) is 10.9. The molecule has 0 aliphatic carbocycles. The Balaban J connectivity index is 1.98. The average molecular weight is 876 g/mol. The largest absolute Gasteiger partial charge is 0.506 e. The highest BCUT2D eigenvalue weighted by atomic mass is 79.9. The third-order valence-electron chi connectivity index (χ3n) is 5.21. The van der Waals surface area contributed by atoms with Crippen molar-refractivity contribution in [3.63, 3.8) is 0 Å². The Hall–Kier alpha value is -1.15. The molecule has 1 aliphatic heterocycles. The summed E-state index contributed by atoms with van der Waals surface area (Å²) in [6, 6.07) is 9.49. The summed E-state index contributed by atoms with van der Waals surface area (Å²) in [6.45, 7) is 0. The van der Waals surface area contributed by atoms with Crippen LogP contribution in [0, 0.1) is 0 Å². The van der Waals surface area contributed by atoms with Gasteiger partial charge in [-0.1, -0.05) is 0 Å². The number of esters is 1. The van der Waals surface area contributed by atoms with Crippen LogP contribution in [-0.4, -0.2) is 26.4 Å². The van der Waals surface area contributed by atoms with Crippen LogP contribution >= 0.6 is 95.6 Å². The van der Waals surface area contributed by atoms with Gasteiger partial charge < -0.3 is 25.2 Å². The van der Waals surface area contributed by atoms with Crippen LogP contribution in [-0.2, 0) is 9.53 Å². The maximum absolute atomic E-state index is 13.1. The molecule has 0 saturated heterocycles. The van der Waals surface area contributed by atoms with Crippen molar-refractivity contribution in [2.75, 3.05) is 0 Å². The third kappa shape index (κ3) is 5.36. The molecule has 1 atom stereocenters. The highest BCUT2D eigenvalue weighted by Crippen LogP contribution is 2.46. The lowest BCUT2D eigenvalue weighted by Crippen LogP contribution is -2.10. The Morgan fingerprint density at radius 1 is 0.694 bits per heavy atom. The number of phenols is 3. The maximum Gasteiger partial charge on any atom is 0.343 e. The maximum atomic E-state index is 13.1. The SMILES string of the molecule is O=C1OC(=Cc2cc(Br)c(O)c(Br)c2)C(c2cc(Br)c(O)c(Br)c2)=C1C(O)c1cc(Br)c(O)c(Br)c1. The average Bonchev–Trinajstić information content (AvgIpc) is 3.13. The molecule has 36 heavy (non-hydrogen) atoms. The van der Waals surface area contributed by atoms with E-state index in [4.69, 9.17) is 4.74 Å². The van der Waals surface area contributed by atoms with Gasteiger partial charge in [-0.15, -0.1) is 0 Å². The van der Waals surface area contributed by atoms with Gasteiger partial charge in [0.2, 0.25) is 0 Å². The van der Waals surface area contributed by atoms with Crippen molar-refractivity contribution in [3.05, 3.63) is 91.3 Å². The molecular formula is C24H12Br6O6. The minimum Gasteiger partial charge on any atom is -0.506 e. The van der Waals surface area contributed by atoms with Crippen LogP contribution in [0.4, 0.5) is 0 Å². The van der Waals surface area contributed by atoms with Gasteiger partial charge in [0.1, 0.15) is 29.1 Å². The Bertz CT molecular complexity index is 1430. The highest BCUT2D eigenvalue weighted by Gasteiger charge is 2.37. The molecule has 0 bridgehead atoms. The second-order valence-corrected chi connectivity index (χ2v) is 12.7. The molecule has 0 fully saturated rings. The summed E-state index contributed by atoms with van der Waals surface area (Å²) in [7, 11) is 0. The molecule has 3 aromatic carbocycles. The third-order valence-corrected chi connectivity index (χ3v) is 8.84. The van der Waals surface area contributed by atoms with Gasteiger partial charge in [-0.2, -0.15) is 0 Å². The molecule has 186 valence electrons. The van der Waals surface area contributed by atoms with Gasteiger partial charge in [0, 0.05) is 5.57 Å². The van der Waals surface area contributed by atoms with Crippen molar-refractivity contribution in [1.29, 1.82) is 0 Å². The van der Waals surface area contributed by atoms with E-state index in [0.717, 1.165) is 0 Å². The van der Waals surface area contributed by atoms with Crippen molar-refractivity contribution in [3.8, 4) is 17.2 Å². The first kappa shape index (κ1) is 27.9. The molecule has 4 N–H and O–H groups in total. The van der Waals surface area contributed by atoms with Crippen LogP contribution in [0.3, 0.4) is 0 Å². The van der Waals surface area contributed by atoms with E-state index in [0.29, 0.717) is 49.1 Å². The second-order valence-electron chi connectivity index (χ2n) is 7.54. The van der Waals surface area contributed by atoms with Crippen molar-refractivity contribution >= 4 is 113 Å². The fraction of sp³-hybridized carbons (Fsp3) is 0.0417. The minimum absolute atomic E-state index is 0.0160. The van der Waals surface area contributed by atoms with E-state index in [-0.39, 0.29) is 28.6 Å². The molecule has 0 saturated carbocycles. The molecule has 1 unspecified atom stereocenters. The van der Waals surface area contributed by atoms with E-state index < -0.39 is 12.1 Å². The van der Waals surface area contributed by atoms with E-state index >= 15 is 0 Å². The van der Waals surface area contributed by atoms with Gasteiger partial charge in [-0.3, -0.25) is 0 Å². The zero-order valence-electron chi connectivity index (χ0n) is 17.5. The van der Waals surface area contributed by atoms with Crippen LogP contribution in [0.15, 0.2) is 74.6 Å². The predicted octanol–water partition coefficient (Wildman–Crippen LogP) is 8.46. The number of halogens is 6. The molecular weight excluding hydrogens is 864 g/mol. The molecule has 0 spiro atoms. The summed E-state index contributed by atoms with van der Waals surface area (Å²) in [6.07, 6.45) is 0.176. The molecule has 4 rings (SSSR count). The number of hydrogen-bond donors (Lipinski definition) is 4. The molecule has 1 aliphatic rings. The normalized spacial score (nSPS) is 15.5. The van der Waals surface area contributed by atoms with Crippen molar-refractivity contribution in [2.45, 2.75) is 6.10 Å². The summed E-state index contributed by atoms with van der Waals surface area (Å²) < 4.78 is 7.83. The number of allylic oxidation sites excluding steroid dienone is 1. The fourth-order valence-corrected chi connectivity index (χ4v) is 7.16. The number of carbonyl (C=O) groups excluding carboxylic acids is 1. The van der Waals surface area contributed by atoms with E-state index in [1.165, 1.54) is 12.1 Å². The summed E-state index contributed by atoms with van der Waals surface area (Å²) >= 11 is 19.7. The quantitative estimate of drug-likeness (QED) is 0.196. The Morgan fingerprint density at radius 3 is 1.58 bits per heavy atom. The summed E-state index contributed by atoms with van der Waals surface area (Å²) in [5.41, 5.74) is 1.66. The summed E-state index contributed by atoms with van der Waals surface area (Å²) in [5, 5.41) is 41.7. The predicted molar refractivity (Wildman–Crippen MR) is 156 cm³/mol. The Morgan fingerprint density at radius 2 is 1.11 bits per heavy atom. The lowest BCUT2D eigenvalue weighted by Gasteiger charge is -2.15. The number of carbonyl (C=O) groups is 1. The van der Waals surface area contributed by atoms with Gasteiger partial charge in [0.05, 0.1) is 32.4 Å². The van der Waals surface area contributed by atoms with Crippen molar-refractivity contribution in [2.24, 2.45) is 0 Å². The number of aliphatic hydroxyl groups is 1. The molecule has 3 aromatic rings. The summed E-state index contributed by atoms with van der Waals surface area (Å²) in [4.78, 5) is 13.1. The number of rotatable bonds is 4. The van der Waals surface area contributed by atoms with Crippen molar-refractivity contribution < 1.29 is 30.0 Å². The number of benzene rings is 3. The van der Waals surface area contributed by atoms with Crippen LogP contribution in [0.2, 0.25) is 0 Å². The topological polar surface area (TPSA) is 107 Å². The number of ether oxygens (including phenoxy) is 1. The first-order valence-corrected chi connectivity index (χ1v) is 14.6. The molecule has 12 heteroatoms. The Kier molecular flexibility index (Phi) is 8.45. The van der Waals surface area contributed by atoms with E-state index in [2.05, 4.69) is 95.6 Å². The van der Waals surface area contributed by atoms with Crippen molar-refractivity contribution in [1.82, 2.24) is 0 Å². The number of cyclic esters (lactones) is 1. The lowest BCUT2D eigenvalue weighted by atomic mass is 9.92. The first-order chi connectivity index (χ1) is 16.9. The minimum atomic E-state index is -1.42. The fourth-order valence-electron chi connectivity index (χ4n) is 3.53. The zero-order valence-corrected chi connectivity index (χ0v) is 27.0. The zero-order chi connectivity index (χ0) is 26.5. The van der Waals surface area contributed by atoms with Crippen LogP contribution < -0.4 is 0 Å². The van der Waals surface area contributed by atoms with Crippen LogP contribution in [0.1, 0.15) is 22.8 Å². The molecule has 1 heterocycles. The van der Waals surface area contributed by atoms with E-state index in [1.54, 1.807) is 30.3 Å². The highest BCUT2D eigenvalue weighted by molar-refractivity contribution is 9.11. The van der Waals surface area contributed by atoms with Crippen LogP contribution in [0.5, 0.6) is 17.2 Å². The Labute approximate surface area is 255 Å². The number of aliphatic hydroxyl groups excluding tert-OH is 1. The van der Waals surface area contributed by atoms with Gasteiger partial charge in [0.25, 0.3) is 0 Å². The van der Waals surface area contributed by atoms with Gasteiger partial charge in [-0.05, 0) is 155 Å². The molecule has 6 nitrogen and oxygen atoms in total. The van der Waals surface area contributed by atoms with E-state index in [9.17, 15) is 25.2 Å². The number of phenolic OH excluding ortho intramolecular Hbond substituents is 3. The van der Waals surface area contributed by atoms with Gasteiger partial charge >= 0.3 is 5.97 Å².